The number of hydrogen-bond donors (Lipinski definition) is 1. The molecule has 0 bridgehead atoms. The minimum atomic E-state index is 0.461. The highest BCUT2D eigenvalue weighted by Crippen LogP contribution is 2.32. The van der Waals surface area contributed by atoms with Crippen LogP contribution in [0.4, 0.5) is 5.82 Å². The summed E-state index contributed by atoms with van der Waals surface area (Å²) in [6, 6.07) is 18.2. The number of aromatic nitrogens is 1. The zero-order valence-electron chi connectivity index (χ0n) is 16.2. The standard InChI is InChI=1S/C24H24Cl2N2O/c25-19-8-4-6-17(12-19)16-29-21-11-5-7-18(13-21)22-14-24(27-15-23(22)26)28-20-9-2-1-3-10-20/h4-8,11-15,20H,1-3,9-10,16H2,(H,27,28). The first kappa shape index (κ1) is 20.1. The van der Waals surface area contributed by atoms with E-state index in [1.165, 1.54) is 32.1 Å². The van der Waals surface area contributed by atoms with Gasteiger partial charge in [0, 0.05) is 22.8 Å². The molecule has 29 heavy (non-hydrogen) atoms. The lowest BCUT2D eigenvalue weighted by Crippen LogP contribution is -2.22. The Hall–Kier alpha value is -2.23. The highest BCUT2D eigenvalue weighted by Gasteiger charge is 2.15. The zero-order valence-corrected chi connectivity index (χ0v) is 17.7. The summed E-state index contributed by atoms with van der Waals surface area (Å²) in [5, 5.41) is 4.91. The monoisotopic (exact) mass is 426 g/mol. The predicted octanol–water partition coefficient (Wildman–Crippen LogP) is 7.38. The molecule has 2 aromatic carbocycles. The van der Waals surface area contributed by atoms with Crippen LogP contribution in [0.5, 0.6) is 5.75 Å². The maximum atomic E-state index is 6.47. The van der Waals surface area contributed by atoms with Crippen LogP contribution >= 0.6 is 23.2 Å². The van der Waals surface area contributed by atoms with Crippen molar-refractivity contribution in [1.29, 1.82) is 0 Å². The van der Waals surface area contributed by atoms with Crippen LogP contribution in [-0.4, -0.2) is 11.0 Å². The molecule has 1 saturated carbocycles. The van der Waals surface area contributed by atoms with Gasteiger partial charge in [0.2, 0.25) is 0 Å². The maximum absolute atomic E-state index is 6.47. The third-order valence-corrected chi connectivity index (χ3v) is 5.79. The molecule has 150 valence electrons. The van der Waals surface area contributed by atoms with Gasteiger partial charge >= 0.3 is 0 Å². The molecule has 0 radical (unpaired) electrons. The summed E-state index contributed by atoms with van der Waals surface area (Å²) >= 11 is 12.5. The van der Waals surface area contributed by atoms with Crippen molar-refractivity contribution in [2.75, 3.05) is 5.32 Å². The van der Waals surface area contributed by atoms with E-state index in [4.69, 9.17) is 27.9 Å². The smallest absolute Gasteiger partial charge is 0.126 e. The van der Waals surface area contributed by atoms with Gasteiger partial charge in [0.05, 0.1) is 5.02 Å². The lowest BCUT2D eigenvalue weighted by atomic mass is 9.95. The van der Waals surface area contributed by atoms with Crippen LogP contribution in [0.1, 0.15) is 37.7 Å². The Morgan fingerprint density at radius 2 is 1.79 bits per heavy atom. The van der Waals surface area contributed by atoms with Crippen LogP contribution in [-0.2, 0) is 6.61 Å². The Labute approximate surface area is 182 Å². The first-order chi connectivity index (χ1) is 14.2. The molecule has 0 saturated heterocycles. The molecule has 5 heteroatoms. The van der Waals surface area contributed by atoms with Gasteiger partial charge in [-0.25, -0.2) is 4.98 Å². The average Bonchev–Trinajstić information content (AvgIpc) is 2.75. The first-order valence-corrected chi connectivity index (χ1v) is 10.8. The topological polar surface area (TPSA) is 34.1 Å². The van der Waals surface area contributed by atoms with Gasteiger partial charge in [0.25, 0.3) is 0 Å². The Balaban J connectivity index is 1.50. The highest BCUT2D eigenvalue weighted by atomic mass is 35.5. The minimum absolute atomic E-state index is 0.461. The summed E-state index contributed by atoms with van der Waals surface area (Å²) in [6.07, 6.45) is 8.02. The van der Waals surface area contributed by atoms with Crippen molar-refractivity contribution in [3.8, 4) is 16.9 Å². The fourth-order valence-corrected chi connectivity index (χ4v) is 4.17. The molecular weight excluding hydrogens is 403 g/mol. The predicted molar refractivity (Wildman–Crippen MR) is 121 cm³/mol. The molecule has 3 aromatic rings. The lowest BCUT2D eigenvalue weighted by molar-refractivity contribution is 0.306. The minimum Gasteiger partial charge on any atom is -0.489 e. The summed E-state index contributed by atoms with van der Waals surface area (Å²) < 4.78 is 5.97. The van der Waals surface area contributed by atoms with E-state index in [1.807, 2.05) is 54.6 Å². The third kappa shape index (κ3) is 5.43. The fourth-order valence-electron chi connectivity index (χ4n) is 3.74. The van der Waals surface area contributed by atoms with Crippen LogP contribution < -0.4 is 10.1 Å². The van der Waals surface area contributed by atoms with E-state index >= 15 is 0 Å². The van der Waals surface area contributed by atoms with Gasteiger partial charge in [-0.3, -0.25) is 0 Å². The van der Waals surface area contributed by atoms with E-state index in [1.54, 1.807) is 6.20 Å². The van der Waals surface area contributed by atoms with E-state index < -0.39 is 0 Å². The number of rotatable bonds is 6. The van der Waals surface area contributed by atoms with Crippen LogP contribution in [0.3, 0.4) is 0 Å². The van der Waals surface area contributed by atoms with Crippen molar-refractivity contribution < 1.29 is 4.74 Å². The van der Waals surface area contributed by atoms with Gasteiger partial charge in [0.1, 0.15) is 18.2 Å². The summed E-state index contributed by atoms with van der Waals surface area (Å²) in [6.45, 7) is 0.461. The summed E-state index contributed by atoms with van der Waals surface area (Å²) in [5.41, 5.74) is 2.99. The van der Waals surface area contributed by atoms with Crippen LogP contribution in [0, 0.1) is 0 Å². The van der Waals surface area contributed by atoms with Crippen molar-refractivity contribution in [1.82, 2.24) is 4.98 Å². The van der Waals surface area contributed by atoms with Crippen molar-refractivity contribution in [3.05, 3.63) is 76.4 Å². The second-order valence-electron chi connectivity index (χ2n) is 7.48. The summed E-state index contributed by atoms with van der Waals surface area (Å²) in [5.74, 6) is 1.67. The molecule has 1 N–H and O–H groups in total. The van der Waals surface area contributed by atoms with Crippen molar-refractivity contribution in [2.45, 2.75) is 44.8 Å². The Morgan fingerprint density at radius 1 is 0.966 bits per heavy atom. The maximum Gasteiger partial charge on any atom is 0.126 e. The van der Waals surface area contributed by atoms with Gasteiger partial charge in [-0.1, -0.05) is 66.7 Å². The molecule has 4 rings (SSSR count). The quantitative estimate of drug-likeness (QED) is 0.446. The van der Waals surface area contributed by atoms with Crippen molar-refractivity contribution in [3.63, 3.8) is 0 Å². The number of pyridine rings is 1. The Bertz CT molecular complexity index is 971. The van der Waals surface area contributed by atoms with E-state index in [2.05, 4.69) is 10.3 Å². The molecule has 1 heterocycles. The molecule has 0 atom stereocenters. The SMILES string of the molecule is Clc1cccc(COc2cccc(-c3cc(NC4CCCCC4)ncc3Cl)c2)c1. The van der Waals surface area contributed by atoms with E-state index in [9.17, 15) is 0 Å². The molecule has 0 amide bonds. The second kappa shape index (κ2) is 9.51. The number of halogens is 2. The van der Waals surface area contributed by atoms with Gasteiger partial charge in [-0.2, -0.15) is 0 Å². The number of hydrogen-bond acceptors (Lipinski definition) is 3. The number of ether oxygens (including phenoxy) is 1. The molecule has 1 aromatic heterocycles. The van der Waals surface area contributed by atoms with Gasteiger partial charge < -0.3 is 10.1 Å². The van der Waals surface area contributed by atoms with Crippen LogP contribution in [0.15, 0.2) is 60.8 Å². The summed E-state index contributed by atoms with van der Waals surface area (Å²) in [7, 11) is 0. The van der Waals surface area contributed by atoms with E-state index in [0.29, 0.717) is 22.7 Å². The third-order valence-electron chi connectivity index (χ3n) is 5.25. The average molecular weight is 427 g/mol. The molecule has 0 spiro atoms. The first-order valence-electron chi connectivity index (χ1n) is 10.1. The van der Waals surface area contributed by atoms with Gasteiger partial charge in [0.15, 0.2) is 0 Å². The fraction of sp³-hybridized carbons (Fsp3) is 0.292. The zero-order chi connectivity index (χ0) is 20.1. The molecular formula is C24H24Cl2N2O. The number of benzene rings is 2. The second-order valence-corrected chi connectivity index (χ2v) is 8.32. The van der Waals surface area contributed by atoms with E-state index in [-0.39, 0.29) is 0 Å². The number of nitrogens with zero attached hydrogens (tertiary/aromatic N) is 1. The normalized spacial score (nSPS) is 14.6. The van der Waals surface area contributed by atoms with Crippen LogP contribution in [0.25, 0.3) is 11.1 Å². The molecule has 0 unspecified atom stereocenters. The Morgan fingerprint density at radius 3 is 2.62 bits per heavy atom. The van der Waals surface area contributed by atoms with E-state index in [0.717, 1.165) is 28.3 Å². The highest BCUT2D eigenvalue weighted by molar-refractivity contribution is 6.33. The van der Waals surface area contributed by atoms with Crippen molar-refractivity contribution in [2.24, 2.45) is 0 Å². The number of nitrogens with one attached hydrogen (secondary N) is 1. The van der Waals surface area contributed by atoms with Crippen molar-refractivity contribution >= 4 is 29.0 Å². The molecule has 1 aliphatic carbocycles. The Kier molecular flexibility index (Phi) is 6.58. The van der Waals surface area contributed by atoms with Gasteiger partial charge in [-0.05, 0) is 54.3 Å². The molecule has 1 fully saturated rings. The lowest BCUT2D eigenvalue weighted by Gasteiger charge is -2.23. The summed E-state index contributed by atoms with van der Waals surface area (Å²) in [4.78, 5) is 4.48. The molecule has 0 aliphatic heterocycles. The molecule has 3 nitrogen and oxygen atoms in total. The molecule has 1 aliphatic rings. The largest absolute Gasteiger partial charge is 0.489 e. The van der Waals surface area contributed by atoms with Gasteiger partial charge in [-0.15, -0.1) is 0 Å². The number of anilines is 1. The van der Waals surface area contributed by atoms with Crippen LogP contribution in [0.2, 0.25) is 10.0 Å².